The highest BCUT2D eigenvalue weighted by Crippen LogP contribution is 2.39. The van der Waals surface area contributed by atoms with Crippen molar-refractivity contribution in [1.82, 2.24) is 14.7 Å². The molecule has 198 valence electrons. The number of carbonyl (C=O) groups excluding carboxylic acids is 2. The highest BCUT2D eigenvalue weighted by atomic mass is 19.1. The number of nitrogens with zero attached hydrogens (tertiary/aromatic N) is 3. The average Bonchev–Trinajstić information content (AvgIpc) is 3.26. The number of aromatic nitrogens is 2. The molecule has 5 rings (SSSR count). The molecule has 2 heterocycles. The number of carbonyl (C=O) groups is 3. The summed E-state index contributed by atoms with van der Waals surface area (Å²) in [4.78, 5) is 39.3. The van der Waals surface area contributed by atoms with Gasteiger partial charge in [0.25, 0.3) is 5.91 Å². The molecule has 4 aromatic rings. The number of ether oxygens (including phenoxy) is 1. The van der Waals surface area contributed by atoms with Gasteiger partial charge in [0.15, 0.2) is 5.69 Å². The lowest BCUT2D eigenvalue weighted by atomic mass is 10.0. The van der Waals surface area contributed by atoms with E-state index in [-0.39, 0.29) is 30.1 Å². The number of halogens is 2. The summed E-state index contributed by atoms with van der Waals surface area (Å²) in [6, 6.07) is 16.0. The lowest BCUT2D eigenvalue weighted by molar-refractivity contribution is -0.117. The Hall–Kier alpha value is -5.06. The van der Waals surface area contributed by atoms with E-state index >= 15 is 0 Å². The van der Waals surface area contributed by atoms with Gasteiger partial charge in [0.05, 0.1) is 16.9 Å². The molecule has 1 aliphatic rings. The molecule has 39 heavy (non-hydrogen) atoms. The molecule has 0 spiro atoms. The number of hydrogen-bond donors (Lipinski definition) is 2. The van der Waals surface area contributed by atoms with Gasteiger partial charge >= 0.3 is 5.97 Å². The number of anilines is 1. The third-order valence-corrected chi connectivity index (χ3v) is 6.24. The monoisotopic (exact) mass is 532 g/mol. The van der Waals surface area contributed by atoms with Crippen LogP contribution >= 0.6 is 0 Å². The first-order valence-electron chi connectivity index (χ1n) is 11.9. The summed E-state index contributed by atoms with van der Waals surface area (Å²) in [6.07, 6.45) is 0. The van der Waals surface area contributed by atoms with E-state index in [0.29, 0.717) is 22.6 Å². The van der Waals surface area contributed by atoms with Crippen LogP contribution in [0.3, 0.4) is 0 Å². The van der Waals surface area contributed by atoms with Crippen molar-refractivity contribution in [2.45, 2.75) is 13.2 Å². The third kappa shape index (κ3) is 5.19. The fraction of sp³-hybridized carbons (Fsp3) is 0.143. The number of carboxylic acids is 1. The van der Waals surface area contributed by atoms with E-state index in [1.165, 1.54) is 27.8 Å². The molecular formula is C28H22F2N4O5. The van der Waals surface area contributed by atoms with Gasteiger partial charge in [-0.15, -0.1) is 0 Å². The van der Waals surface area contributed by atoms with E-state index in [4.69, 9.17) is 4.74 Å². The summed E-state index contributed by atoms with van der Waals surface area (Å²) < 4.78 is 35.5. The molecule has 3 aromatic carbocycles. The second-order valence-electron chi connectivity index (χ2n) is 8.92. The molecule has 0 aliphatic carbocycles. The van der Waals surface area contributed by atoms with Gasteiger partial charge in [-0.1, -0.05) is 30.3 Å². The normalized spacial score (nSPS) is 11.7. The van der Waals surface area contributed by atoms with Gasteiger partial charge in [0.2, 0.25) is 5.91 Å². The van der Waals surface area contributed by atoms with Crippen molar-refractivity contribution in [2.24, 2.45) is 7.05 Å². The van der Waals surface area contributed by atoms with Gasteiger partial charge in [-0.3, -0.25) is 14.3 Å². The summed E-state index contributed by atoms with van der Waals surface area (Å²) >= 11 is 0. The van der Waals surface area contributed by atoms with Gasteiger partial charge in [-0.05, 0) is 42.0 Å². The predicted octanol–water partition coefficient (Wildman–Crippen LogP) is 4.24. The summed E-state index contributed by atoms with van der Waals surface area (Å²) in [5.41, 5.74) is 1.65. The maximum atomic E-state index is 14.3. The van der Waals surface area contributed by atoms with Crippen LogP contribution in [0.1, 0.15) is 32.0 Å². The van der Waals surface area contributed by atoms with E-state index < -0.39 is 36.0 Å². The number of carboxylic acid groups (broad SMARTS) is 1. The number of benzene rings is 3. The second-order valence-corrected chi connectivity index (χ2v) is 8.92. The van der Waals surface area contributed by atoms with Crippen LogP contribution in [-0.4, -0.2) is 44.1 Å². The molecule has 0 fully saturated rings. The maximum Gasteiger partial charge on any atom is 0.335 e. The fourth-order valence-corrected chi connectivity index (χ4v) is 4.45. The molecule has 0 bridgehead atoms. The molecule has 0 unspecified atom stereocenters. The first-order chi connectivity index (χ1) is 18.7. The zero-order valence-corrected chi connectivity index (χ0v) is 20.6. The molecule has 0 saturated carbocycles. The van der Waals surface area contributed by atoms with E-state index in [2.05, 4.69) is 10.4 Å². The highest BCUT2D eigenvalue weighted by molar-refractivity contribution is 6.01. The minimum atomic E-state index is -1.28. The minimum Gasteiger partial charge on any atom is -0.488 e. The topological polar surface area (TPSA) is 114 Å². The summed E-state index contributed by atoms with van der Waals surface area (Å²) in [5.74, 6) is -3.45. The number of aryl methyl sites for hydroxylation is 1. The Morgan fingerprint density at radius 2 is 1.85 bits per heavy atom. The Labute approximate surface area is 221 Å². The first kappa shape index (κ1) is 25.6. The van der Waals surface area contributed by atoms with Crippen LogP contribution in [0.4, 0.5) is 14.5 Å². The zero-order valence-electron chi connectivity index (χ0n) is 20.6. The van der Waals surface area contributed by atoms with Crippen LogP contribution in [0.15, 0.2) is 66.7 Å². The lowest BCUT2D eigenvalue weighted by Gasteiger charge is -2.23. The Morgan fingerprint density at radius 3 is 2.59 bits per heavy atom. The van der Waals surface area contributed by atoms with Gasteiger partial charge < -0.3 is 20.1 Å². The van der Waals surface area contributed by atoms with E-state index in [1.807, 2.05) is 6.07 Å². The standard InChI is InChI=1S/C28H22F2N4O5/c1-33-26-19-12-18(29)8-10-23(19)39-15-20(26)25(32-33)27(36)34(13-16-5-3-2-4-6-16)14-24(35)31-22-11-17(28(37)38)7-9-21(22)30/h2-12H,13-15H2,1H3,(H,31,35)(H,37,38). The lowest BCUT2D eigenvalue weighted by Crippen LogP contribution is -2.38. The first-order valence-corrected chi connectivity index (χ1v) is 11.9. The quantitative estimate of drug-likeness (QED) is 0.368. The van der Waals surface area contributed by atoms with Crippen LogP contribution in [0, 0.1) is 11.6 Å². The van der Waals surface area contributed by atoms with Crippen molar-refractivity contribution < 1.29 is 33.0 Å². The zero-order chi connectivity index (χ0) is 27.7. The van der Waals surface area contributed by atoms with Gasteiger partial charge in [-0.2, -0.15) is 5.10 Å². The Bertz CT molecular complexity index is 1600. The molecule has 0 atom stereocenters. The largest absolute Gasteiger partial charge is 0.488 e. The summed E-state index contributed by atoms with van der Waals surface area (Å²) in [7, 11) is 1.63. The number of hydrogen-bond acceptors (Lipinski definition) is 5. The average molecular weight is 533 g/mol. The number of fused-ring (bicyclic) bond motifs is 3. The Kier molecular flexibility index (Phi) is 6.80. The summed E-state index contributed by atoms with van der Waals surface area (Å²) in [6.45, 7) is -0.439. The van der Waals surface area contributed by atoms with Crippen molar-refractivity contribution >= 4 is 23.5 Å². The highest BCUT2D eigenvalue weighted by Gasteiger charge is 2.32. The van der Waals surface area contributed by atoms with Crippen molar-refractivity contribution in [3.05, 3.63) is 101 Å². The molecular weight excluding hydrogens is 510 g/mol. The SMILES string of the molecule is Cn1nc(C(=O)N(CC(=O)Nc2cc(C(=O)O)ccc2F)Cc2ccccc2)c2c1-c1cc(F)ccc1OC2. The van der Waals surface area contributed by atoms with E-state index in [1.54, 1.807) is 31.3 Å². The molecule has 9 nitrogen and oxygen atoms in total. The van der Waals surface area contributed by atoms with Crippen LogP contribution in [-0.2, 0) is 25.0 Å². The van der Waals surface area contributed by atoms with E-state index in [9.17, 15) is 28.3 Å². The third-order valence-electron chi connectivity index (χ3n) is 6.24. The van der Waals surface area contributed by atoms with Gasteiger partial charge in [-0.25, -0.2) is 13.6 Å². The predicted molar refractivity (Wildman–Crippen MR) is 136 cm³/mol. The van der Waals surface area contributed by atoms with Crippen molar-refractivity contribution in [1.29, 1.82) is 0 Å². The Balaban J connectivity index is 1.46. The van der Waals surface area contributed by atoms with Crippen LogP contribution in [0.25, 0.3) is 11.3 Å². The fourth-order valence-electron chi connectivity index (χ4n) is 4.45. The molecule has 0 radical (unpaired) electrons. The maximum absolute atomic E-state index is 14.3. The van der Waals surface area contributed by atoms with Crippen molar-refractivity contribution in [3.8, 4) is 17.0 Å². The van der Waals surface area contributed by atoms with Crippen LogP contribution in [0.2, 0.25) is 0 Å². The van der Waals surface area contributed by atoms with Crippen molar-refractivity contribution in [3.63, 3.8) is 0 Å². The second kappa shape index (κ2) is 10.4. The van der Waals surface area contributed by atoms with Crippen LogP contribution in [0.5, 0.6) is 5.75 Å². The number of aromatic carboxylic acids is 1. The number of amides is 2. The minimum absolute atomic E-state index is 0.0153. The molecule has 2 amide bonds. The molecule has 0 saturated heterocycles. The molecule has 11 heteroatoms. The smallest absolute Gasteiger partial charge is 0.335 e. The van der Waals surface area contributed by atoms with Gasteiger partial charge in [0, 0.05) is 24.7 Å². The van der Waals surface area contributed by atoms with Gasteiger partial charge in [0.1, 0.15) is 30.5 Å². The van der Waals surface area contributed by atoms with Crippen LogP contribution < -0.4 is 10.1 Å². The molecule has 1 aliphatic heterocycles. The van der Waals surface area contributed by atoms with E-state index in [0.717, 1.165) is 23.8 Å². The van der Waals surface area contributed by atoms with Crippen molar-refractivity contribution in [2.75, 3.05) is 11.9 Å². The molecule has 2 N–H and O–H groups in total. The Morgan fingerprint density at radius 1 is 1.08 bits per heavy atom. The molecule has 1 aromatic heterocycles. The number of nitrogens with one attached hydrogen (secondary N) is 1. The summed E-state index contributed by atoms with van der Waals surface area (Å²) in [5, 5.41) is 15.9. The number of rotatable bonds is 7.